The van der Waals surface area contributed by atoms with Gasteiger partial charge in [-0.1, -0.05) is 11.6 Å². The number of nitrogens with zero attached hydrogens (tertiary/aromatic N) is 3. The lowest BCUT2D eigenvalue weighted by Gasteiger charge is -2.25. The summed E-state index contributed by atoms with van der Waals surface area (Å²) in [5.41, 5.74) is 0.566. The molecule has 0 bridgehead atoms. The van der Waals surface area contributed by atoms with Crippen molar-refractivity contribution < 1.29 is 14.3 Å². The SMILES string of the molecule is CC(Oc1ccc(Cl)cc1)C(=O)N1CCCN(C(=O)c2cccnc2)CC1. The normalized spacial score (nSPS) is 15.8. The summed E-state index contributed by atoms with van der Waals surface area (Å²) in [6.45, 7) is 3.93. The van der Waals surface area contributed by atoms with E-state index in [9.17, 15) is 9.59 Å². The molecule has 0 aliphatic carbocycles. The average Bonchev–Trinajstić information content (AvgIpc) is 2.95. The Kier molecular flexibility index (Phi) is 6.29. The highest BCUT2D eigenvalue weighted by Gasteiger charge is 2.26. The third kappa shape index (κ3) is 4.98. The predicted molar refractivity (Wildman–Crippen MR) is 103 cm³/mol. The summed E-state index contributed by atoms with van der Waals surface area (Å²) >= 11 is 5.87. The summed E-state index contributed by atoms with van der Waals surface area (Å²) in [5, 5.41) is 0.618. The molecule has 27 heavy (non-hydrogen) atoms. The van der Waals surface area contributed by atoms with Gasteiger partial charge in [0.2, 0.25) is 0 Å². The van der Waals surface area contributed by atoms with E-state index < -0.39 is 6.10 Å². The maximum atomic E-state index is 12.7. The van der Waals surface area contributed by atoms with E-state index in [1.807, 2.05) is 0 Å². The molecular formula is C20H22ClN3O3. The van der Waals surface area contributed by atoms with Crippen molar-refractivity contribution in [3.05, 3.63) is 59.4 Å². The molecule has 1 aliphatic heterocycles. The van der Waals surface area contributed by atoms with Crippen molar-refractivity contribution in [2.24, 2.45) is 0 Å². The number of hydrogen-bond donors (Lipinski definition) is 0. The van der Waals surface area contributed by atoms with Gasteiger partial charge in [0.1, 0.15) is 5.75 Å². The second-order valence-corrected chi connectivity index (χ2v) is 6.86. The van der Waals surface area contributed by atoms with Crippen molar-refractivity contribution in [1.29, 1.82) is 0 Å². The lowest BCUT2D eigenvalue weighted by molar-refractivity contribution is -0.137. The van der Waals surface area contributed by atoms with Crippen LogP contribution < -0.4 is 4.74 Å². The Bertz CT molecular complexity index is 783. The standard InChI is InChI=1S/C20H22ClN3O3/c1-15(27-18-7-5-17(21)6-8-18)19(25)23-10-3-11-24(13-12-23)20(26)16-4-2-9-22-14-16/h2,4-9,14-15H,3,10-13H2,1H3. The summed E-state index contributed by atoms with van der Waals surface area (Å²) < 4.78 is 5.73. The van der Waals surface area contributed by atoms with Gasteiger partial charge in [-0.2, -0.15) is 0 Å². The van der Waals surface area contributed by atoms with Crippen LogP contribution in [-0.4, -0.2) is 58.9 Å². The zero-order valence-electron chi connectivity index (χ0n) is 15.2. The number of carbonyl (C=O) groups excluding carboxylic acids is 2. The second kappa shape index (κ2) is 8.86. The molecule has 1 aromatic carbocycles. The van der Waals surface area contributed by atoms with Gasteiger partial charge in [-0.3, -0.25) is 14.6 Å². The first-order valence-corrected chi connectivity index (χ1v) is 9.32. The fraction of sp³-hybridized carbons (Fsp3) is 0.350. The van der Waals surface area contributed by atoms with Gasteiger partial charge in [-0.05, 0) is 49.7 Å². The molecular weight excluding hydrogens is 366 g/mol. The Labute approximate surface area is 163 Å². The summed E-state index contributed by atoms with van der Waals surface area (Å²) in [7, 11) is 0. The predicted octanol–water partition coefficient (Wildman–Crippen LogP) is 2.88. The molecule has 6 nitrogen and oxygen atoms in total. The van der Waals surface area contributed by atoms with Crippen LogP contribution in [-0.2, 0) is 4.79 Å². The van der Waals surface area contributed by atoms with Gasteiger partial charge < -0.3 is 14.5 Å². The minimum absolute atomic E-state index is 0.0529. The number of benzene rings is 1. The van der Waals surface area contributed by atoms with Crippen LogP contribution >= 0.6 is 11.6 Å². The van der Waals surface area contributed by atoms with E-state index in [-0.39, 0.29) is 11.8 Å². The van der Waals surface area contributed by atoms with Gasteiger partial charge in [0, 0.05) is 43.6 Å². The van der Waals surface area contributed by atoms with E-state index in [4.69, 9.17) is 16.3 Å². The van der Waals surface area contributed by atoms with Gasteiger partial charge in [0.05, 0.1) is 5.56 Å². The molecule has 0 radical (unpaired) electrons. The van der Waals surface area contributed by atoms with Gasteiger partial charge in [-0.15, -0.1) is 0 Å². The molecule has 2 aromatic rings. The van der Waals surface area contributed by atoms with Crippen molar-refractivity contribution >= 4 is 23.4 Å². The van der Waals surface area contributed by atoms with E-state index in [1.54, 1.807) is 65.5 Å². The Balaban J connectivity index is 1.57. The molecule has 0 saturated carbocycles. The first-order chi connectivity index (χ1) is 13.0. The van der Waals surface area contributed by atoms with E-state index in [0.717, 1.165) is 6.42 Å². The first-order valence-electron chi connectivity index (χ1n) is 8.95. The molecule has 1 aliphatic rings. The number of carbonyl (C=O) groups is 2. The van der Waals surface area contributed by atoms with Crippen molar-refractivity contribution in [3.63, 3.8) is 0 Å². The van der Waals surface area contributed by atoms with Crippen molar-refractivity contribution in [3.8, 4) is 5.75 Å². The van der Waals surface area contributed by atoms with Crippen molar-refractivity contribution in [1.82, 2.24) is 14.8 Å². The van der Waals surface area contributed by atoms with Crippen molar-refractivity contribution in [2.45, 2.75) is 19.4 Å². The van der Waals surface area contributed by atoms with Gasteiger partial charge in [0.25, 0.3) is 11.8 Å². The number of amides is 2. The lowest BCUT2D eigenvalue weighted by atomic mass is 10.2. The number of ether oxygens (including phenoxy) is 1. The quantitative estimate of drug-likeness (QED) is 0.809. The third-order valence-electron chi connectivity index (χ3n) is 4.48. The molecule has 1 fully saturated rings. The summed E-state index contributed by atoms with van der Waals surface area (Å²) in [4.78, 5) is 32.8. The summed E-state index contributed by atoms with van der Waals surface area (Å²) in [5.74, 6) is 0.465. The Morgan fingerprint density at radius 2 is 1.78 bits per heavy atom. The molecule has 2 heterocycles. The first kappa shape index (κ1) is 19.2. The molecule has 3 rings (SSSR count). The summed E-state index contributed by atoms with van der Waals surface area (Å²) in [6, 6.07) is 10.4. The lowest BCUT2D eigenvalue weighted by Crippen LogP contribution is -2.43. The van der Waals surface area contributed by atoms with E-state index in [2.05, 4.69) is 4.98 Å². The van der Waals surface area contributed by atoms with Gasteiger partial charge in [0.15, 0.2) is 6.10 Å². The molecule has 2 amide bonds. The monoisotopic (exact) mass is 387 g/mol. The Hall–Kier alpha value is -2.60. The van der Waals surface area contributed by atoms with Crippen LogP contribution in [0.15, 0.2) is 48.8 Å². The number of pyridine rings is 1. The molecule has 1 saturated heterocycles. The van der Waals surface area contributed by atoms with Crippen molar-refractivity contribution in [2.75, 3.05) is 26.2 Å². The number of aromatic nitrogens is 1. The van der Waals surface area contributed by atoms with Crippen LogP contribution in [0.25, 0.3) is 0 Å². The van der Waals surface area contributed by atoms with Gasteiger partial charge >= 0.3 is 0 Å². The summed E-state index contributed by atoms with van der Waals surface area (Å²) in [6.07, 6.45) is 3.33. The molecule has 1 aromatic heterocycles. The highest BCUT2D eigenvalue weighted by atomic mass is 35.5. The third-order valence-corrected chi connectivity index (χ3v) is 4.73. The fourth-order valence-corrected chi connectivity index (χ4v) is 3.16. The minimum Gasteiger partial charge on any atom is -0.481 e. The highest BCUT2D eigenvalue weighted by molar-refractivity contribution is 6.30. The van der Waals surface area contributed by atoms with Gasteiger partial charge in [-0.25, -0.2) is 0 Å². The van der Waals surface area contributed by atoms with Crippen LogP contribution in [0.1, 0.15) is 23.7 Å². The number of hydrogen-bond acceptors (Lipinski definition) is 4. The minimum atomic E-state index is -0.605. The molecule has 7 heteroatoms. The molecule has 1 unspecified atom stereocenters. The van der Waals surface area contributed by atoms with E-state index in [0.29, 0.717) is 42.5 Å². The smallest absolute Gasteiger partial charge is 0.263 e. The largest absolute Gasteiger partial charge is 0.481 e. The molecule has 142 valence electrons. The second-order valence-electron chi connectivity index (χ2n) is 6.43. The Morgan fingerprint density at radius 1 is 1.07 bits per heavy atom. The number of halogens is 1. The highest BCUT2D eigenvalue weighted by Crippen LogP contribution is 2.18. The topological polar surface area (TPSA) is 62.7 Å². The van der Waals surface area contributed by atoms with Crippen LogP contribution in [0.5, 0.6) is 5.75 Å². The van der Waals surface area contributed by atoms with Crippen LogP contribution in [0.3, 0.4) is 0 Å². The van der Waals surface area contributed by atoms with Crippen LogP contribution in [0.2, 0.25) is 5.02 Å². The maximum absolute atomic E-state index is 12.7. The van der Waals surface area contributed by atoms with Crippen LogP contribution in [0.4, 0.5) is 0 Å². The zero-order chi connectivity index (χ0) is 19.2. The number of rotatable bonds is 4. The molecule has 0 spiro atoms. The van der Waals surface area contributed by atoms with E-state index >= 15 is 0 Å². The fourth-order valence-electron chi connectivity index (χ4n) is 3.04. The maximum Gasteiger partial charge on any atom is 0.263 e. The Morgan fingerprint density at radius 3 is 2.48 bits per heavy atom. The van der Waals surface area contributed by atoms with Crippen LogP contribution in [0, 0.1) is 0 Å². The zero-order valence-corrected chi connectivity index (χ0v) is 15.9. The molecule has 1 atom stereocenters. The molecule has 0 N–H and O–H groups in total. The average molecular weight is 388 g/mol. The van der Waals surface area contributed by atoms with E-state index in [1.165, 1.54) is 0 Å².